The Bertz CT molecular complexity index is 2320. The number of carbonyl (C=O) groups excluding carboxylic acids is 4. The Morgan fingerprint density at radius 2 is 0.505 bits per heavy atom. The van der Waals surface area contributed by atoms with E-state index in [1.54, 1.807) is 0 Å². The van der Waals surface area contributed by atoms with Crippen molar-refractivity contribution in [2.24, 2.45) is 167 Å². The summed E-state index contributed by atoms with van der Waals surface area (Å²) in [5, 5.41) is 0. The fourth-order valence-corrected chi connectivity index (χ4v) is 28.7. The first kappa shape index (κ1) is 70.7. The Labute approximate surface area is 568 Å². The van der Waals surface area contributed by atoms with E-state index in [1.165, 1.54) is 103 Å². The van der Waals surface area contributed by atoms with Gasteiger partial charge in [-0.3, -0.25) is 19.2 Å². The molecule has 0 heterocycles. The molecule has 0 radical (unpaired) electrons. The molecule has 12 aliphatic rings. The van der Waals surface area contributed by atoms with Crippen LogP contribution in [0, 0.1) is 167 Å². The van der Waals surface area contributed by atoms with Gasteiger partial charge in [0, 0.05) is 0 Å². The summed E-state index contributed by atoms with van der Waals surface area (Å²) in [4.78, 5) is 63.7. The molecule has 0 amide bonds. The maximum Gasteiger partial charge on any atom is 0.312 e. The molecule has 0 spiro atoms. The van der Waals surface area contributed by atoms with Crippen LogP contribution in [0.15, 0.2) is 0 Å². The van der Waals surface area contributed by atoms with Crippen molar-refractivity contribution in [2.45, 2.75) is 316 Å². The average Bonchev–Trinajstić information content (AvgIpc) is 0.747. The molecule has 93 heavy (non-hydrogen) atoms. The van der Waals surface area contributed by atoms with E-state index >= 15 is 19.2 Å². The van der Waals surface area contributed by atoms with Gasteiger partial charge in [0.2, 0.25) is 0 Å². The molecule has 528 valence electrons. The molecule has 0 bridgehead atoms. The highest BCUT2D eigenvalue weighted by Gasteiger charge is 2.65. The lowest BCUT2D eigenvalue weighted by Crippen LogP contribution is -2.58. The summed E-state index contributed by atoms with van der Waals surface area (Å²) < 4.78 is 28.3. The van der Waals surface area contributed by atoms with Gasteiger partial charge in [0.05, 0.1) is 21.7 Å². The Morgan fingerprint density at radius 3 is 0.699 bits per heavy atom. The van der Waals surface area contributed by atoms with Gasteiger partial charge in [-0.05, 0) is 347 Å². The summed E-state index contributed by atoms with van der Waals surface area (Å²) in [5.41, 5.74) is -4.03. The van der Waals surface area contributed by atoms with Gasteiger partial charge >= 0.3 is 23.9 Å². The van der Waals surface area contributed by atoms with Crippen molar-refractivity contribution in [3.8, 4) is 0 Å². The molecular formula is C85H140O8. The number of hydrogen-bond acceptors (Lipinski definition) is 8. The van der Waals surface area contributed by atoms with Crippen LogP contribution in [0.4, 0.5) is 0 Å². The SMILES string of the molecule is CC(C)C1CC[C@H]2C(CC[C@@H]3[C@]2(C)CCC[C@@]3(C)C(=O)OCC(COC(=O)[C@]2(C)CCC[C@@]3(C)[C@H]2CCC2CC(C(C)C)CC[C@@H]23)(COC(=O)[C@]2(C)CCC[C@@]3(C)[C@H]2CCC2CC(C(C)C)CC[C@@H]23)COC(=O)[C@]2(C)CCC[C@@]3(C)[C@H]2CCC2CC(C(C)C)CC[C@@H]23)C1. The lowest BCUT2D eigenvalue weighted by molar-refractivity contribution is -0.202. The molecule has 12 aliphatic carbocycles. The zero-order valence-corrected chi connectivity index (χ0v) is 62.8. The monoisotopic (exact) mass is 1290 g/mol. The summed E-state index contributed by atoms with van der Waals surface area (Å²) in [6.07, 6.45) is 35.7. The van der Waals surface area contributed by atoms with Crippen molar-refractivity contribution in [3.63, 3.8) is 0 Å². The van der Waals surface area contributed by atoms with Crippen LogP contribution in [0.25, 0.3) is 0 Å². The molecule has 0 N–H and O–H groups in total. The zero-order chi connectivity index (χ0) is 66.6. The molecule has 0 saturated heterocycles. The number of carbonyl (C=O) groups is 4. The van der Waals surface area contributed by atoms with Crippen molar-refractivity contribution in [2.75, 3.05) is 26.4 Å². The maximum absolute atomic E-state index is 15.9. The predicted molar refractivity (Wildman–Crippen MR) is 374 cm³/mol. The van der Waals surface area contributed by atoms with Crippen LogP contribution < -0.4 is 0 Å². The van der Waals surface area contributed by atoms with Gasteiger partial charge in [-0.15, -0.1) is 0 Å². The molecular weight excluding hydrogens is 1150 g/mol. The number of fused-ring (bicyclic) bond motifs is 12. The third kappa shape index (κ3) is 12.3. The van der Waals surface area contributed by atoms with Crippen molar-refractivity contribution in [3.05, 3.63) is 0 Å². The normalized spacial score (nSPS) is 47.8. The quantitative estimate of drug-likeness (QED) is 0.111. The topological polar surface area (TPSA) is 105 Å². The fraction of sp³-hybridized carbons (Fsp3) is 0.953. The Hall–Kier alpha value is -2.12. The van der Waals surface area contributed by atoms with E-state index in [0.29, 0.717) is 71.0 Å². The number of rotatable bonds is 16. The van der Waals surface area contributed by atoms with Gasteiger partial charge in [-0.25, -0.2) is 0 Å². The summed E-state index contributed by atoms with van der Waals surface area (Å²) in [6.45, 7) is 37.7. The van der Waals surface area contributed by atoms with Crippen molar-refractivity contribution < 1.29 is 38.1 Å². The van der Waals surface area contributed by atoms with Gasteiger partial charge in [0.25, 0.3) is 0 Å². The minimum atomic E-state index is -1.35. The van der Waals surface area contributed by atoms with Gasteiger partial charge in [0.1, 0.15) is 31.8 Å². The Kier molecular flexibility index (Phi) is 20.1. The average molecular weight is 1290 g/mol. The molecule has 12 fully saturated rings. The minimum absolute atomic E-state index is 0.0407. The van der Waals surface area contributed by atoms with Crippen LogP contribution in [-0.2, 0) is 38.1 Å². The molecule has 0 aromatic heterocycles. The Morgan fingerprint density at radius 1 is 0.301 bits per heavy atom. The summed E-state index contributed by atoms with van der Waals surface area (Å²) >= 11 is 0. The molecule has 12 rings (SSSR count). The minimum Gasteiger partial charge on any atom is -0.464 e. The highest BCUT2D eigenvalue weighted by atomic mass is 16.6. The van der Waals surface area contributed by atoms with Gasteiger partial charge in [-0.2, -0.15) is 0 Å². The molecule has 0 aromatic carbocycles. The highest BCUT2D eigenvalue weighted by Crippen LogP contribution is 2.70. The fourth-order valence-electron chi connectivity index (χ4n) is 28.7. The van der Waals surface area contributed by atoms with Crippen LogP contribution >= 0.6 is 0 Å². The summed E-state index contributed by atoms with van der Waals surface area (Å²) in [6, 6.07) is 0. The lowest BCUT2D eigenvalue weighted by atomic mass is 9.43. The smallest absolute Gasteiger partial charge is 0.312 e. The maximum atomic E-state index is 15.9. The molecule has 0 aliphatic heterocycles. The van der Waals surface area contributed by atoms with Crippen LogP contribution in [0.5, 0.6) is 0 Å². The van der Waals surface area contributed by atoms with E-state index in [9.17, 15) is 0 Å². The van der Waals surface area contributed by atoms with E-state index in [-0.39, 0.29) is 95.6 Å². The third-order valence-corrected chi connectivity index (χ3v) is 34.4. The first-order valence-corrected chi connectivity index (χ1v) is 40.6. The second-order valence-corrected chi connectivity index (χ2v) is 40.2. The highest BCUT2D eigenvalue weighted by molar-refractivity contribution is 5.79. The number of esters is 4. The van der Waals surface area contributed by atoms with Gasteiger partial charge in [-0.1, -0.05) is 109 Å². The molecule has 12 saturated carbocycles. The van der Waals surface area contributed by atoms with Crippen molar-refractivity contribution >= 4 is 23.9 Å². The van der Waals surface area contributed by atoms with E-state index in [0.717, 1.165) is 126 Å². The lowest BCUT2D eigenvalue weighted by Gasteiger charge is -2.61. The molecule has 8 unspecified atom stereocenters. The van der Waals surface area contributed by atoms with E-state index in [4.69, 9.17) is 18.9 Å². The molecule has 8 nitrogen and oxygen atoms in total. The van der Waals surface area contributed by atoms with Gasteiger partial charge in [0.15, 0.2) is 0 Å². The summed E-state index contributed by atoms with van der Waals surface area (Å²) in [7, 11) is 0. The van der Waals surface area contributed by atoms with Crippen LogP contribution in [-0.4, -0.2) is 50.3 Å². The number of hydrogen-bond donors (Lipinski definition) is 0. The predicted octanol–water partition coefficient (Wildman–Crippen LogP) is 21.3. The van der Waals surface area contributed by atoms with Crippen molar-refractivity contribution in [1.29, 1.82) is 0 Å². The van der Waals surface area contributed by atoms with Crippen molar-refractivity contribution in [1.82, 2.24) is 0 Å². The summed E-state index contributed by atoms with van der Waals surface area (Å²) in [5.74, 6) is 11.1. The van der Waals surface area contributed by atoms with E-state index in [2.05, 4.69) is 111 Å². The zero-order valence-electron chi connectivity index (χ0n) is 62.8. The molecule has 8 heteroatoms. The third-order valence-electron chi connectivity index (χ3n) is 34.4. The van der Waals surface area contributed by atoms with Crippen LogP contribution in [0.2, 0.25) is 0 Å². The second-order valence-electron chi connectivity index (χ2n) is 40.2. The van der Waals surface area contributed by atoms with E-state index in [1.807, 2.05) is 0 Å². The first-order chi connectivity index (χ1) is 43.9. The van der Waals surface area contributed by atoms with Crippen LogP contribution in [0.3, 0.4) is 0 Å². The molecule has 0 aromatic rings. The first-order valence-electron chi connectivity index (χ1n) is 40.6. The largest absolute Gasteiger partial charge is 0.464 e. The van der Waals surface area contributed by atoms with Gasteiger partial charge < -0.3 is 18.9 Å². The Balaban J connectivity index is 0.870. The second kappa shape index (κ2) is 26.4. The van der Waals surface area contributed by atoms with E-state index < -0.39 is 27.1 Å². The molecule has 24 atom stereocenters. The van der Waals surface area contributed by atoms with Crippen LogP contribution in [0.1, 0.15) is 316 Å². The number of ether oxygens (including phenoxy) is 4. The standard InChI is InChI=1S/C85H140O8/c1-53(2)57-21-29-65-61(45-57)25-33-69-77(65,9)37-17-41-81(69,13)73(86)90-49-85(50-91-74(87)82(14)42-18-38-78(10)66-30-22-58(54(3)4)46-62(66)26-34-70(78)82,51-92-75(88)83(15)43-19-39-79(11)67-31-23-59(55(5)6)47-63(67)27-35-71(79)83)52-93-76(89)84(16)44-20-40-80(12)68-32-24-60(56(7)8)48-64(68)28-36-72(80)84/h53-72H,17-52H2,1-16H3/t57?,58?,59?,60?,61?,62?,63?,64?,65-,66-,67-,68-,69+,70+,71+,72+,77+,78+,79+,80+,81+,82+,83+,84+,85?/m0/s1.